The first-order valence-electron chi connectivity index (χ1n) is 6.54. The minimum absolute atomic E-state index is 0.0290. The highest BCUT2D eigenvalue weighted by Gasteiger charge is 2.15. The van der Waals surface area contributed by atoms with E-state index in [0.29, 0.717) is 4.57 Å². The molecule has 0 aliphatic carbocycles. The molecule has 1 heterocycles. The number of hydrogen-bond donors (Lipinski definition) is 2. The number of nitrogens with zero attached hydrogens (tertiary/aromatic N) is 3. The highest BCUT2D eigenvalue weighted by Crippen LogP contribution is 2.13. The number of urea groups is 1. The molecule has 22 heavy (non-hydrogen) atoms. The van der Waals surface area contributed by atoms with Crippen molar-refractivity contribution in [3.63, 3.8) is 0 Å². The molecular weight excluding hydrogens is 294 g/mol. The molecule has 0 saturated heterocycles. The quantitative estimate of drug-likeness (QED) is 0.890. The number of imidazole rings is 1. The number of halogens is 2. The molecule has 118 valence electrons. The van der Waals surface area contributed by atoms with Crippen LogP contribution in [0.3, 0.4) is 0 Å². The molecule has 1 aromatic heterocycles. The lowest BCUT2D eigenvalue weighted by atomic mass is 10.2. The van der Waals surface area contributed by atoms with Gasteiger partial charge in [-0.25, -0.2) is 9.78 Å². The highest BCUT2D eigenvalue weighted by molar-refractivity contribution is 5.73. The number of alkyl halides is 2. The average Bonchev–Trinajstić information content (AvgIpc) is 2.94. The van der Waals surface area contributed by atoms with Gasteiger partial charge >= 0.3 is 12.6 Å². The molecule has 0 fully saturated rings. The lowest BCUT2D eigenvalue weighted by molar-refractivity contribution is 0.0651. The number of phenolic OH excluding ortho intramolecular Hbond substituents is 1. The van der Waals surface area contributed by atoms with E-state index in [1.165, 1.54) is 36.5 Å². The molecule has 1 aromatic carbocycles. The van der Waals surface area contributed by atoms with Gasteiger partial charge < -0.3 is 15.3 Å². The minimum atomic E-state index is -2.69. The van der Waals surface area contributed by atoms with E-state index >= 15 is 0 Å². The summed E-state index contributed by atoms with van der Waals surface area (Å²) < 4.78 is 26.1. The molecule has 6 nitrogen and oxygen atoms in total. The molecule has 2 rings (SSSR count). The van der Waals surface area contributed by atoms with Crippen LogP contribution in [0, 0.1) is 0 Å². The molecular formula is C14H16F2N4O2. The maximum Gasteiger partial charge on any atom is 0.319 e. The van der Waals surface area contributed by atoms with Gasteiger partial charge in [0, 0.05) is 26.0 Å². The molecule has 0 spiro atoms. The number of phenols is 1. The molecule has 2 N–H and O–H groups in total. The Bertz CT molecular complexity index is 628. The Morgan fingerprint density at radius 1 is 1.41 bits per heavy atom. The summed E-state index contributed by atoms with van der Waals surface area (Å²) in [6.07, 6.45) is 2.44. The normalized spacial score (nSPS) is 10.7. The molecule has 0 aliphatic rings. The Balaban J connectivity index is 1.89. The molecule has 0 unspecified atom stereocenters. The van der Waals surface area contributed by atoms with E-state index < -0.39 is 12.6 Å². The van der Waals surface area contributed by atoms with Gasteiger partial charge in [-0.2, -0.15) is 8.78 Å². The van der Waals surface area contributed by atoms with Crippen LogP contribution in [0.5, 0.6) is 5.75 Å². The van der Waals surface area contributed by atoms with Gasteiger partial charge in [-0.15, -0.1) is 0 Å². The van der Waals surface area contributed by atoms with Crippen LogP contribution < -0.4 is 5.32 Å². The number of benzene rings is 1. The maximum absolute atomic E-state index is 12.7. The molecule has 0 bridgehead atoms. The number of carbonyl (C=O) groups excluding carboxylic acids is 1. The zero-order valence-corrected chi connectivity index (χ0v) is 11.9. The summed E-state index contributed by atoms with van der Waals surface area (Å²) in [6, 6.07) is 5.99. The predicted octanol–water partition coefficient (Wildman–Crippen LogP) is 2.33. The van der Waals surface area contributed by atoms with Crippen molar-refractivity contribution in [1.29, 1.82) is 0 Å². The number of nitrogens with one attached hydrogen (secondary N) is 1. The topological polar surface area (TPSA) is 70.4 Å². The molecule has 0 aliphatic heterocycles. The van der Waals surface area contributed by atoms with E-state index in [9.17, 15) is 18.7 Å². The van der Waals surface area contributed by atoms with Crippen molar-refractivity contribution in [2.24, 2.45) is 0 Å². The maximum atomic E-state index is 12.7. The fraction of sp³-hybridized carbons (Fsp3) is 0.286. The Kier molecular flexibility index (Phi) is 4.92. The van der Waals surface area contributed by atoms with Crippen molar-refractivity contribution < 1.29 is 18.7 Å². The van der Waals surface area contributed by atoms with Gasteiger partial charge in [0.05, 0.1) is 6.54 Å². The third-order valence-electron chi connectivity index (χ3n) is 3.06. The molecule has 2 aromatic rings. The van der Waals surface area contributed by atoms with Crippen LogP contribution in [0.15, 0.2) is 36.7 Å². The van der Waals surface area contributed by atoms with E-state index in [2.05, 4.69) is 10.3 Å². The second-order valence-corrected chi connectivity index (χ2v) is 4.71. The van der Waals surface area contributed by atoms with Gasteiger partial charge in [0.15, 0.2) is 0 Å². The van der Waals surface area contributed by atoms with Gasteiger partial charge in [-0.05, 0) is 17.7 Å². The number of rotatable bonds is 5. The summed E-state index contributed by atoms with van der Waals surface area (Å²) in [5.41, 5.74) is 0.814. The standard InChI is InChI=1S/C14H16F2N4O2/c1-19(9-12-17-6-7-20(12)13(15)16)14(22)18-8-10-2-4-11(21)5-3-10/h2-7,13,21H,8-9H2,1H3,(H,18,22). The van der Waals surface area contributed by atoms with Crippen LogP contribution in [-0.4, -0.2) is 32.6 Å². The van der Waals surface area contributed by atoms with Gasteiger partial charge in [0.1, 0.15) is 11.6 Å². The lowest BCUT2D eigenvalue weighted by Crippen LogP contribution is -2.37. The van der Waals surface area contributed by atoms with Crippen LogP contribution in [0.25, 0.3) is 0 Å². The smallest absolute Gasteiger partial charge is 0.319 e. The largest absolute Gasteiger partial charge is 0.508 e. The average molecular weight is 310 g/mol. The first-order valence-corrected chi connectivity index (χ1v) is 6.54. The summed E-state index contributed by atoms with van der Waals surface area (Å²) in [5, 5.41) is 11.8. The Morgan fingerprint density at radius 3 is 2.73 bits per heavy atom. The first kappa shape index (κ1) is 15.7. The van der Waals surface area contributed by atoms with Crippen molar-refractivity contribution in [1.82, 2.24) is 19.8 Å². The van der Waals surface area contributed by atoms with Crippen molar-refractivity contribution >= 4 is 6.03 Å². The minimum Gasteiger partial charge on any atom is -0.508 e. The number of hydrogen-bond acceptors (Lipinski definition) is 3. The van der Waals surface area contributed by atoms with Gasteiger partial charge in [0.2, 0.25) is 0 Å². The Labute approximate surface area is 126 Å². The monoisotopic (exact) mass is 310 g/mol. The molecule has 2 amide bonds. The SMILES string of the molecule is CN(Cc1nccn1C(F)F)C(=O)NCc1ccc(O)cc1. The van der Waals surface area contributed by atoms with E-state index in [1.54, 1.807) is 12.1 Å². The predicted molar refractivity (Wildman–Crippen MR) is 75.3 cm³/mol. The van der Waals surface area contributed by atoms with Crippen molar-refractivity contribution in [3.05, 3.63) is 48.0 Å². The second kappa shape index (κ2) is 6.88. The summed E-state index contributed by atoms with van der Waals surface area (Å²) in [7, 11) is 1.50. The molecule has 0 atom stereocenters. The zero-order valence-electron chi connectivity index (χ0n) is 11.9. The van der Waals surface area contributed by atoms with Gasteiger partial charge in [-0.1, -0.05) is 12.1 Å². The van der Waals surface area contributed by atoms with E-state index in [-0.39, 0.29) is 24.7 Å². The fourth-order valence-corrected chi connectivity index (χ4v) is 1.85. The lowest BCUT2D eigenvalue weighted by Gasteiger charge is -2.18. The van der Waals surface area contributed by atoms with Gasteiger partial charge in [0.25, 0.3) is 0 Å². The number of aromatic nitrogens is 2. The number of aromatic hydroxyl groups is 1. The van der Waals surface area contributed by atoms with Crippen molar-refractivity contribution in [2.45, 2.75) is 19.6 Å². The summed E-state index contributed by atoms with van der Waals surface area (Å²) in [5.74, 6) is 0.253. The summed E-state index contributed by atoms with van der Waals surface area (Å²) >= 11 is 0. The third kappa shape index (κ3) is 3.94. The van der Waals surface area contributed by atoms with E-state index in [1.807, 2.05) is 0 Å². The highest BCUT2D eigenvalue weighted by atomic mass is 19.3. The molecule has 0 saturated carbocycles. The Hall–Kier alpha value is -2.64. The zero-order chi connectivity index (χ0) is 16.1. The van der Waals surface area contributed by atoms with Crippen molar-refractivity contribution in [3.8, 4) is 5.75 Å². The number of amides is 2. The van der Waals surface area contributed by atoms with Crippen LogP contribution >= 0.6 is 0 Å². The second-order valence-electron chi connectivity index (χ2n) is 4.71. The third-order valence-corrected chi connectivity index (χ3v) is 3.06. The van der Waals surface area contributed by atoms with Crippen LogP contribution in [0.4, 0.5) is 13.6 Å². The van der Waals surface area contributed by atoms with E-state index in [4.69, 9.17) is 0 Å². The molecule has 0 radical (unpaired) electrons. The Morgan fingerprint density at radius 2 is 2.09 bits per heavy atom. The molecule has 8 heteroatoms. The fourth-order valence-electron chi connectivity index (χ4n) is 1.85. The summed E-state index contributed by atoms with van der Waals surface area (Å²) in [4.78, 5) is 17.0. The van der Waals surface area contributed by atoms with Crippen molar-refractivity contribution in [2.75, 3.05) is 7.05 Å². The van der Waals surface area contributed by atoms with Gasteiger partial charge in [-0.3, -0.25) is 4.57 Å². The number of carbonyl (C=O) groups is 1. The van der Waals surface area contributed by atoms with Crippen LogP contribution in [-0.2, 0) is 13.1 Å². The summed E-state index contributed by atoms with van der Waals surface area (Å²) in [6.45, 7) is -2.45. The first-order chi connectivity index (χ1) is 10.5. The van der Waals surface area contributed by atoms with Crippen LogP contribution in [0.2, 0.25) is 0 Å². The van der Waals surface area contributed by atoms with Crippen LogP contribution in [0.1, 0.15) is 17.9 Å². The van der Waals surface area contributed by atoms with E-state index in [0.717, 1.165) is 5.56 Å².